The van der Waals surface area contributed by atoms with Gasteiger partial charge < -0.3 is 14.3 Å². The Morgan fingerprint density at radius 3 is 2.54 bits per heavy atom. The van der Waals surface area contributed by atoms with E-state index < -0.39 is 0 Å². The van der Waals surface area contributed by atoms with Gasteiger partial charge in [-0.15, -0.1) is 0 Å². The molecule has 1 aromatic rings. The number of amides is 2. The zero-order valence-electron chi connectivity index (χ0n) is 17.1. The first kappa shape index (κ1) is 19.4. The molecule has 0 unspecified atom stereocenters. The quantitative estimate of drug-likeness (QED) is 0.772. The highest BCUT2D eigenvalue weighted by Gasteiger charge is 2.37. The summed E-state index contributed by atoms with van der Waals surface area (Å²) in [4.78, 5) is 31.5. The number of hydrogen-bond acceptors (Lipinski definition) is 5. The molecule has 28 heavy (non-hydrogen) atoms. The number of rotatable bonds is 5. The van der Waals surface area contributed by atoms with Crippen molar-refractivity contribution in [2.45, 2.75) is 58.0 Å². The molecule has 2 aliphatic heterocycles. The van der Waals surface area contributed by atoms with Crippen LogP contribution in [0.1, 0.15) is 50.0 Å². The molecule has 4 rings (SSSR count). The van der Waals surface area contributed by atoms with Crippen LogP contribution in [0.15, 0.2) is 10.6 Å². The van der Waals surface area contributed by atoms with Crippen LogP contribution in [0.3, 0.4) is 0 Å². The molecular weight excluding hydrogens is 356 g/mol. The minimum Gasteiger partial charge on any atom is -0.359 e. The van der Waals surface area contributed by atoms with Gasteiger partial charge in [0.25, 0.3) is 0 Å². The number of likely N-dealkylation sites (tertiary alicyclic amines) is 2. The molecule has 1 aromatic heterocycles. The molecular formula is C21H32N4O3. The van der Waals surface area contributed by atoms with Gasteiger partial charge in [-0.25, -0.2) is 0 Å². The number of piperidine rings is 2. The van der Waals surface area contributed by atoms with Gasteiger partial charge in [-0.2, -0.15) is 0 Å². The Balaban J connectivity index is 1.27. The van der Waals surface area contributed by atoms with Crippen molar-refractivity contribution in [1.29, 1.82) is 0 Å². The van der Waals surface area contributed by atoms with Crippen LogP contribution in [-0.4, -0.2) is 70.9 Å². The maximum atomic E-state index is 12.9. The van der Waals surface area contributed by atoms with Crippen molar-refractivity contribution in [2.75, 3.05) is 33.2 Å². The number of nitrogens with zero attached hydrogens (tertiary/aromatic N) is 4. The topological polar surface area (TPSA) is 69.9 Å². The van der Waals surface area contributed by atoms with Crippen molar-refractivity contribution >= 4 is 11.8 Å². The van der Waals surface area contributed by atoms with E-state index in [0.29, 0.717) is 24.4 Å². The van der Waals surface area contributed by atoms with E-state index in [1.165, 1.54) is 0 Å². The van der Waals surface area contributed by atoms with Gasteiger partial charge in [0, 0.05) is 44.7 Å². The summed E-state index contributed by atoms with van der Waals surface area (Å²) < 4.78 is 5.25. The van der Waals surface area contributed by atoms with Crippen molar-refractivity contribution in [1.82, 2.24) is 19.9 Å². The Hall–Kier alpha value is -1.89. The van der Waals surface area contributed by atoms with Crippen molar-refractivity contribution < 1.29 is 14.1 Å². The number of aryl methyl sites for hydroxylation is 1. The zero-order valence-corrected chi connectivity index (χ0v) is 17.1. The predicted octanol–water partition coefficient (Wildman–Crippen LogP) is 2.05. The van der Waals surface area contributed by atoms with E-state index in [-0.39, 0.29) is 11.8 Å². The Bertz CT molecular complexity index is 706. The first-order valence-corrected chi connectivity index (χ1v) is 10.7. The van der Waals surface area contributed by atoms with Crippen LogP contribution in [0, 0.1) is 18.8 Å². The highest BCUT2D eigenvalue weighted by Crippen LogP contribution is 2.33. The normalized spacial score (nSPS) is 24.4. The molecule has 1 atom stereocenters. The van der Waals surface area contributed by atoms with Crippen LogP contribution in [0.5, 0.6) is 0 Å². The summed E-state index contributed by atoms with van der Waals surface area (Å²) in [5.41, 5.74) is 0.839. The smallest absolute Gasteiger partial charge is 0.227 e. The SMILES string of the molecule is Cc1cc(CN(C)C(=O)[C@@H]2CCCN(C3CCN(C(=O)C4CC4)CC3)C2)on1. The molecule has 7 heteroatoms. The highest BCUT2D eigenvalue weighted by molar-refractivity contribution is 5.81. The van der Waals surface area contributed by atoms with Crippen LogP contribution < -0.4 is 0 Å². The van der Waals surface area contributed by atoms with Crippen LogP contribution in [-0.2, 0) is 16.1 Å². The van der Waals surface area contributed by atoms with Gasteiger partial charge in [0.05, 0.1) is 18.2 Å². The first-order valence-electron chi connectivity index (χ1n) is 10.7. The molecule has 2 saturated heterocycles. The van der Waals surface area contributed by atoms with Gasteiger partial charge in [-0.1, -0.05) is 5.16 Å². The van der Waals surface area contributed by atoms with E-state index in [1.54, 1.807) is 4.90 Å². The minimum absolute atomic E-state index is 0.0499. The van der Waals surface area contributed by atoms with E-state index in [4.69, 9.17) is 4.52 Å². The molecule has 0 spiro atoms. The molecule has 0 N–H and O–H groups in total. The van der Waals surface area contributed by atoms with Gasteiger partial charge in [-0.3, -0.25) is 14.5 Å². The predicted molar refractivity (Wildman–Crippen MR) is 104 cm³/mol. The second-order valence-corrected chi connectivity index (χ2v) is 8.79. The van der Waals surface area contributed by atoms with Crippen LogP contribution in [0.2, 0.25) is 0 Å². The monoisotopic (exact) mass is 388 g/mol. The average Bonchev–Trinajstić information content (AvgIpc) is 3.49. The summed E-state index contributed by atoms with van der Waals surface area (Å²) in [6, 6.07) is 2.38. The molecule has 3 fully saturated rings. The Labute approximate surface area is 167 Å². The molecule has 154 valence electrons. The molecule has 1 saturated carbocycles. The zero-order chi connectivity index (χ0) is 19.7. The average molecular weight is 389 g/mol. The maximum Gasteiger partial charge on any atom is 0.227 e. The van der Waals surface area contributed by atoms with Crippen molar-refractivity contribution in [3.05, 3.63) is 17.5 Å². The Morgan fingerprint density at radius 1 is 1.14 bits per heavy atom. The highest BCUT2D eigenvalue weighted by atomic mass is 16.5. The van der Waals surface area contributed by atoms with Gasteiger partial charge in [0.1, 0.15) is 0 Å². The summed E-state index contributed by atoms with van der Waals surface area (Å²) in [5.74, 6) is 1.66. The summed E-state index contributed by atoms with van der Waals surface area (Å²) in [6.45, 7) is 6.00. The summed E-state index contributed by atoms with van der Waals surface area (Å²) in [7, 11) is 1.85. The second kappa shape index (κ2) is 8.23. The van der Waals surface area contributed by atoms with Gasteiger partial charge in [0.2, 0.25) is 11.8 Å². The first-order chi connectivity index (χ1) is 13.5. The third kappa shape index (κ3) is 4.40. The Morgan fingerprint density at radius 2 is 1.89 bits per heavy atom. The lowest BCUT2D eigenvalue weighted by Gasteiger charge is -2.42. The number of carbonyl (C=O) groups excluding carboxylic acids is 2. The third-order valence-corrected chi connectivity index (χ3v) is 6.47. The van der Waals surface area contributed by atoms with Crippen LogP contribution >= 0.6 is 0 Å². The van der Waals surface area contributed by atoms with Crippen molar-refractivity contribution in [3.8, 4) is 0 Å². The molecule has 3 aliphatic rings. The van der Waals surface area contributed by atoms with E-state index in [0.717, 1.165) is 76.2 Å². The fourth-order valence-corrected chi connectivity index (χ4v) is 4.69. The standard InChI is InChI=1S/C21H32N4O3/c1-15-12-19(28-22-15)14-23(2)20(26)17-4-3-9-25(13-17)18-7-10-24(11-8-18)21(27)16-5-6-16/h12,16-18H,3-11,13-14H2,1-2H3/t17-/m1/s1. The lowest BCUT2D eigenvalue weighted by atomic mass is 9.92. The minimum atomic E-state index is 0.0499. The van der Waals surface area contributed by atoms with E-state index >= 15 is 0 Å². The van der Waals surface area contributed by atoms with E-state index in [1.807, 2.05) is 20.0 Å². The van der Waals surface area contributed by atoms with E-state index in [9.17, 15) is 9.59 Å². The molecule has 0 radical (unpaired) electrons. The second-order valence-electron chi connectivity index (χ2n) is 8.79. The molecule has 0 bridgehead atoms. The summed E-state index contributed by atoms with van der Waals surface area (Å²) >= 11 is 0. The van der Waals surface area contributed by atoms with Gasteiger partial charge in [0.15, 0.2) is 5.76 Å². The molecule has 2 amide bonds. The largest absolute Gasteiger partial charge is 0.359 e. The van der Waals surface area contributed by atoms with E-state index in [2.05, 4.69) is 15.0 Å². The van der Waals surface area contributed by atoms with Crippen molar-refractivity contribution in [3.63, 3.8) is 0 Å². The van der Waals surface area contributed by atoms with Crippen LogP contribution in [0.25, 0.3) is 0 Å². The van der Waals surface area contributed by atoms with Gasteiger partial charge in [-0.05, 0) is 52.0 Å². The van der Waals surface area contributed by atoms with Crippen molar-refractivity contribution in [2.24, 2.45) is 11.8 Å². The molecule has 0 aromatic carbocycles. The third-order valence-electron chi connectivity index (χ3n) is 6.47. The molecule has 7 nitrogen and oxygen atoms in total. The maximum absolute atomic E-state index is 12.9. The fourth-order valence-electron chi connectivity index (χ4n) is 4.69. The Kier molecular flexibility index (Phi) is 5.71. The number of aromatic nitrogens is 1. The number of carbonyl (C=O) groups is 2. The van der Waals surface area contributed by atoms with Gasteiger partial charge >= 0.3 is 0 Å². The summed E-state index contributed by atoms with van der Waals surface area (Å²) in [5, 5.41) is 3.90. The summed E-state index contributed by atoms with van der Waals surface area (Å²) in [6.07, 6.45) is 6.24. The fraction of sp³-hybridized carbons (Fsp3) is 0.762. The van der Waals surface area contributed by atoms with Crippen LogP contribution in [0.4, 0.5) is 0 Å². The lowest BCUT2D eigenvalue weighted by molar-refractivity contribution is -0.137. The molecule has 1 aliphatic carbocycles. The lowest BCUT2D eigenvalue weighted by Crippen LogP contribution is -2.51. The number of hydrogen-bond donors (Lipinski definition) is 0. The molecule has 3 heterocycles.